The van der Waals surface area contributed by atoms with E-state index in [1.54, 1.807) is 6.92 Å². The maximum absolute atomic E-state index is 12.5. The van der Waals surface area contributed by atoms with E-state index in [1.807, 2.05) is 6.07 Å². The molecular weight excluding hydrogens is 428 g/mol. The van der Waals surface area contributed by atoms with Gasteiger partial charge in [0.15, 0.2) is 0 Å². The monoisotopic (exact) mass is 456 g/mol. The molecule has 1 N–H and O–H groups in total. The van der Waals surface area contributed by atoms with Crippen LogP contribution in [-0.4, -0.2) is 54.9 Å². The van der Waals surface area contributed by atoms with Crippen LogP contribution in [0.25, 0.3) is 5.57 Å². The van der Waals surface area contributed by atoms with Crippen molar-refractivity contribution in [3.8, 4) is 0 Å². The van der Waals surface area contributed by atoms with Gasteiger partial charge in [-0.15, -0.1) is 0 Å². The predicted octanol–water partition coefficient (Wildman–Crippen LogP) is 5.57. The molecule has 3 rings (SSSR count). The summed E-state index contributed by atoms with van der Waals surface area (Å²) in [5.41, 5.74) is 2.96. The lowest BCUT2D eigenvalue weighted by molar-refractivity contribution is 0.0697. The molecule has 2 aromatic rings. The average Bonchev–Trinajstić information content (AvgIpc) is 2.80. The van der Waals surface area contributed by atoms with E-state index in [-0.39, 0.29) is 17.9 Å². The number of unbranched alkanes of at least 4 members (excludes halogenated alkanes) is 1. The first kappa shape index (κ1) is 23.8. The summed E-state index contributed by atoms with van der Waals surface area (Å²) in [6, 6.07) is 14.9. The Kier molecular flexibility index (Phi) is 8.71. The van der Waals surface area contributed by atoms with E-state index in [0.29, 0.717) is 11.6 Å². The Morgan fingerprint density at radius 3 is 2.59 bits per heavy atom. The minimum atomic E-state index is -1.11. The first-order chi connectivity index (χ1) is 15.5. The summed E-state index contributed by atoms with van der Waals surface area (Å²) in [5.74, 6) is -1.11. The zero-order valence-electron chi connectivity index (χ0n) is 18.3. The van der Waals surface area contributed by atoms with Crippen molar-refractivity contribution >= 4 is 34.9 Å². The van der Waals surface area contributed by atoms with Crippen LogP contribution >= 0.6 is 11.6 Å². The second-order valence-electron chi connectivity index (χ2n) is 7.67. The number of carboxylic acid groups (broad SMARTS) is 1. The molecule has 1 aliphatic heterocycles. The quantitative estimate of drug-likeness (QED) is 0.499. The summed E-state index contributed by atoms with van der Waals surface area (Å²) in [6.45, 7) is 5.11. The van der Waals surface area contributed by atoms with Crippen LogP contribution in [0.1, 0.15) is 42.1 Å². The third-order valence-corrected chi connectivity index (χ3v) is 5.75. The van der Waals surface area contributed by atoms with Crippen molar-refractivity contribution in [1.29, 1.82) is 0 Å². The van der Waals surface area contributed by atoms with E-state index < -0.39 is 12.1 Å². The summed E-state index contributed by atoms with van der Waals surface area (Å²) >= 11 is 6.08. The number of benzene rings is 2. The summed E-state index contributed by atoms with van der Waals surface area (Å²) in [4.78, 5) is 28.0. The number of ether oxygens (including phenoxy) is 1. The van der Waals surface area contributed by atoms with Crippen LogP contribution in [0.15, 0.2) is 54.6 Å². The van der Waals surface area contributed by atoms with Gasteiger partial charge in [-0.05, 0) is 62.1 Å². The third kappa shape index (κ3) is 6.34. The van der Waals surface area contributed by atoms with Crippen LogP contribution in [0.3, 0.4) is 0 Å². The molecule has 0 atom stereocenters. The second-order valence-corrected chi connectivity index (χ2v) is 8.11. The van der Waals surface area contributed by atoms with Gasteiger partial charge in [-0.2, -0.15) is 0 Å². The number of anilines is 1. The molecule has 0 radical (unpaired) electrons. The summed E-state index contributed by atoms with van der Waals surface area (Å²) in [6.07, 6.45) is 4.34. The average molecular weight is 457 g/mol. The fourth-order valence-electron chi connectivity index (χ4n) is 3.85. The smallest absolute Gasteiger partial charge is 0.414 e. The van der Waals surface area contributed by atoms with Crippen molar-refractivity contribution in [3.05, 3.63) is 70.8 Å². The fourth-order valence-corrected chi connectivity index (χ4v) is 4.02. The van der Waals surface area contributed by atoms with Gasteiger partial charge in [0, 0.05) is 24.7 Å². The minimum absolute atomic E-state index is 0.0251. The lowest BCUT2D eigenvalue weighted by Gasteiger charge is -2.27. The minimum Gasteiger partial charge on any atom is -0.478 e. The Morgan fingerprint density at radius 1 is 1.16 bits per heavy atom. The lowest BCUT2D eigenvalue weighted by Crippen LogP contribution is -2.35. The number of amides is 1. The summed E-state index contributed by atoms with van der Waals surface area (Å²) < 4.78 is 5.17. The summed E-state index contributed by atoms with van der Waals surface area (Å²) in [5, 5.41) is 9.90. The maximum Gasteiger partial charge on any atom is 0.414 e. The van der Waals surface area contributed by atoms with Crippen molar-refractivity contribution in [2.24, 2.45) is 0 Å². The molecule has 2 aromatic carbocycles. The molecular formula is C25H29ClN2O4. The van der Waals surface area contributed by atoms with E-state index in [0.717, 1.165) is 38.9 Å². The molecule has 170 valence electrons. The Balaban J connectivity index is 1.58. The summed E-state index contributed by atoms with van der Waals surface area (Å²) in [7, 11) is 0. The largest absolute Gasteiger partial charge is 0.478 e. The number of hydrogen-bond donors (Lipinski definition) is 1. The highest BCUT2D eigenvalue weighted by Crippen LogP contribution is 2.27. The normalized spacial score (nSPS) is 14.0. The van der Waals surface area contributed by atoms with Crippen LogP contribution in [0, 0.1) is 0 Å². The van der Waals surface area contributed by atoms with Gasteiger partial charge in [-0.1, -0.05) is 48.0 Å². The van der Waals surface area contributed by atoms with E-state index in [9.17, 15) is 14.7 Å². The van der Waals surface area contributed by atoms with Crippen molar-refractivity contribution in [2.75, 3.05) is 37.7 Å². The molecule has 0 spiro atoms. The Morgan fingerprint density at radius 2 is 1.94 bits per heavy atom. The molecule has 1 aliphatic rings. The number of hydrogen-bond acceptors (Lipinski definition) is 4. The van der Waals surface area contributed by atoms with Crippen molar-refractivity contribution in [1.82, 2.24) is 4.90 Å². The van der Waals surface area contributed by atoms with E-state index in [4.69, 9.17) is 16.3 Å². The molecule has 32 heavy (non-hydrogen) atoms. The van der Waals surface area contributed by atoms with Gasteiger partial charge in [-0.3, -0.25) is 9.80 Å². The van der Waals surface area contributed by atoms with Crippen LogP contribution < -0.4 is 4.90 Å². The van der Waals surface area contributed by atoms with Crippen LogP contribution in [0.2, 0.25) is 5.02 Å². The number of rotatable bonds is 9. The fraction of sp³-hybridized carbons (Fsp3) is 0.360. The maximum atomic E-state index is 12.5. The molecule has 7 heteroatoms. The number of carbonyl (C=O) groups excluding carboxylic acids is 1. The molecule has 0 aromatic heterocycles. The van der Waals surface area contributed by atoms with Gasteiger partial charge in [-0.25, -0.2) is 9.59 Å². The highest BCUT2D eigenvalue weighted by Gasteiger charge is 2.23. The Hall–Kier alpha value is -2.83. The SMILES string of the molecule is CCOC(=O)N(CCCCN1CC=C(c2ccccc2)CC1)c1cc(Cl)ccc1C(=O)O. The van der Waals surface area contributed by atoms with Gasteiger partial charge >= 0.3 is 12.1 Å². The van der Waals surface area contributed by atoms with Crippen LogP contribution in [-0.2, 0) is 4.74 Å². The topological polar surface area (TPSA) is 70.1 Å². The van der Waals surface area contributed by atoms with Gasteiger partial charge < -0.3 is 9.84 Å². The number of nitrogens with zero attached hydrogens (tertiary/aromatic N) is 2. The Labute approximate surface area is 194 Å². The first-order valence-corrected chi connectivity index (χ1v) is 11.3. The molecule has 0 bridgehead atoms. The van der Waals surface area contributed by atoms with Crippen molar-refractivity contribution in [3.63, 3.8) is 0 Å². The Bertz CT molecular complexity index is 962. The van der Waals surface area contributed by atoms with Gasteiger partial charge in [0.2, 0.25) is 0 Å². The second kappa shape index (κ2) is 11.7. The number of halogens is 1. The molecule has 1 amide bonds. The number of carboxylic acids is 1. The van der Waals surface area contributed by atoms with Crippen molar-refractivity contribution in [2.45, 2.75) is 26.2 Å². The van der Waals surface area contributed by atoms with Gasteiger partial charge in [0.1, 0.15) is 0 Å². The van der Waals surface area contributed by atoms with Gasteiger partial charge in [0.05, 0.1) is 17.9 Å². The van der Waals surface area contributed by atoms with E-state index >= 15 is 0 Å². The first-order valence-electron chi connectivity index (χ1n) is 10.9. The molecule has 0 fully saturated rings. The number of aromatic carboxylic acids is 1. The predicted molar refractivity (Wildman–Crippen MR) is 127 cm³/mol. The molecule has 0 unspecified atom stereocenters. The number of carbonyl (C=O) groups is 2. The van der Waals surface area contributed by atoms with E-state index in [1.165, 1.54) is 34.2 Å². The molecule has 0 saturated carbocycles. The van der Waals surface area contributed by atoms with E-state index in [2.05, 4.69) is 35.2 Å². The standard InChI is InChI=1S/C25H29ClN2O4/c1-2-32-25(31)28(23-18-21(26)10-11-22(23)24(29)30)15-7-6-14-27-16-12-20(13-17-27)19-8-4-3-5-9-19/h3-5,8-12,18H,2,6-7,13-17H2,1H3,(H,29,30). The zero-order chi connectivity index (χ0) is 22.9. The highest BCUT2D eigenvalue weighted by atomic mass is 35.5. The van der Waals surface area contributed by atoms with Crippen LogP contribution in [0.4, 0.5) is 10.5 Å². The molecule has 0 saturated heterocycles. The molecule has 0 aliphatic carbocycles. The molecule has 1 heterocycles. The third-order valence-electron chi connectivity index (χ3n) is 5.51. The van der Waals surface area contributed by atoms with Crippen molar-refractivity contribution < 1.29 is 19.4 Å². The van der Waals surface area contributed by atoms with Gasteiger partial charge in [0.25, 0.3) is 0 Å². The highest BCUT2D eigenvalue weighted by molar-refractivity contribution is 6.31. The lowest BCUT2D eigenvalue weighted by atomic mass is 9.99. The molecule has 6 nitrogen and oxygen atoms in total. The van der Waals surface area contributed by atoms with Crippen LogP contribution in [0.5, 0.6) is 0 Å². The zero-order valence-corrected chi connectivity index (χ0v) is 19.1.